The zero-order valence-electron chi connectivity index (χ0n) is 17.4. The van der Waals surface area contributed by atoms with Crippen LogP contribution in [0.5, 0.6) is 11.5 Å². The largest absolute Gasteiger partial charge is 0.493 e. The summed E-state index contributed by atoms with van der Waals surface area (Å²) in [7, 11) is 3.33. The minimum atomic E-state index is 0. The molecule has 1 aliphatic heterocycles. The first-order valence-electron chi connectivity index (χ1n) is 10.0. The number of hydrogen-bond donors (Lipinski definition) is 1. The van der Waals surface area contributed by atoms with E-state index in [0.717, 1.165) is 36.1 Å². The maximum absolute atomic E-state index is 5.36. The summed E-state index contributed by atoms with van der Waals surface area (Å²) in [6.45, 7) is 4.60. The summed E-state index contributed by atoms with van der Waals surface area (Å²) >= 11 is 0. The Morgan fingerprint density at radius 1 is 0.931 bits per heavy atom. The summed E-state index contributed by atoms with van der Waals surface area (Å²) in [6.07, 6.45) is 5.02. The number of ether oxygens (including phenoxy) is 2. The van der Waals surface area contributed by atoms with E-state index >= 15 is 0 Å². The Bertz CT molecular complexity index is 693. The van der Waals surface area contributed by atoms with Crippen LogP contribution in [0.15, 0.2) is 48.5 Å². The van der Waals surface area contributed by atoms with Gasteiger partial charge in [0.15, 0.2) is 11.5 Å². The fourth-order valence-corrected chi connectivity index (χ4v) is 3.84. The second-order valence-electron chi connectivity index (χ2n) is 7.32. The van der Waals surface area contributed by atoms with Gasteiger partial charge in [0, 0.05) is 18.3 Å². The minimum Gasteiger partial charge on any atom is -0.493 e. The minimum absolute atomic E-state index is 0. The smallest absolute Gasteiger partial charge is 0.162 e. The number of nitrogens with one attached hydrogen (secondary N) is 1. The van der Waals surface area contributed by atoms with Crippen molar-refractivity contribution >= 4 is 30.5 Å². The molecule has 4 nitrogen and oxygen atoms in total. The van der Waals surface area contributed by atoms with Crippen molar-refractivity contribution < 1.29 is 9.47 Å². The monoisotopic (exact) mass is 440 g/mol. The van der Waals surface area contributed by atoms with Crippen LogP contribution in [-0.2, 0) is 6.42 Å². The van der Waals surface area contributed by atoms with Gasteiger partial charge in [-0.3, -0.25) is 0 Å². The molecule has 3 rings (SSSR count). The van der Waals surface area contributed by atoms with Crippen molar-refractivity contribution in [2.24, 2.45) is 5.92 Å². The first kappa shape index (κ1) is 25.4. The summed E-state index contributed by atoms with van der Waals surface area (Å²) in [5, 5.41) is 3.49. The highest BCUT2D eigenvalue weighted by Gasteiger charge is 2.18. The number of halogens is 2. The van der Waals surface area contributed by atoms with Crippen LogP contribution in [0.4, 0.5) is 5.69 Å². The van der Waals surface area contributed by atoms with Crippen LogP contribution in [-0.4, -0.2) is 45.3 Å². The molecule has 2 aromatic carbocycles. The van der Waals surface area contributed by atoms with E-state index in [1.54, 1.807) is 14.2 Å². The molecule has 0 radical (unpaired) electrons. The zero-order chi connectivity index (χ0) is 18.9. The number of piperidine rings is 1. The standard InChI is InChI=1S/C23H32N2O2.2ClH/c1-26-22-10-9-21(18-23(22)27-2)24-13-6-14-25-15-11-20(12-16-25)17-19-7-4-3-5-8-19;;/h3-5,7-10,18,20,24H,6,11-17H2,1-2H3;2*1H. The average Bonchev–Trinajstić information content (AvgIpc) is 2.73. The van der Waals surface area contributed by atoms with Crippen molar-refractivity contribution in [1.29, 1.82) is 0 Å². The van der Waals surface area contributed by atoms with Gasteiger partial charge in [-0.2, -0.15) is 0 Å². The number of hydrogen-bond acceptors (Lipinski definition) is 4. The number of likely N-dealkylation sites (tertiary alicyclic amines) is 1. The molecule has 0 saturated carbocycles. The van der Waals surface area contributed by atoms with E-state index in [-0.39, 0.29) is 24.8 Å². The fourth-order valence-electron chi connectivity index (χ4n) is 3.84. The van der Waals surface area contributed by atoms with Gasteiger partial charge >= 0.3 is 0 Å². The van der Waals surface area contributed by atoms with Gasteiger partial charge in [0.2, 0.25) is 0 Å². The first-order valence-corrected chi connectivity index (χ1v) is 10.0. The molecule has 162 valence electrons. The van der Waals surface area contributed by atoms with Crippen LogP contribution in [0, 0.1) is 5.92 Å². The van der Waals surface area contributed by atoms with E-state index in [1.807, 2.05) is 18.2 Å². The zero-order valence-corrected chi connectivity index (χ0v) is 19.1. The summed E-state index contributed by atoms with van der Waals surface area (Å²) in [5.74, 6) is 2.37. The highest BCUT2D eigenvalue weighted by atomic mass is 35.5. The highest BCUT2D eigenvalue weighted by molar-refractivity contribution is 5.85. The fraction of sp³-hybridized carbons (Fsp3) is 0.478. The Kier molecular flexibility index (Phi) is 11.9. The molecule has 0 bridgehead atoms. The molecule has 29 heavy (non-hydrogen) atoms. The molecule has 0 spiro atoms. The van der Waals surface area contributed by atoms with E-state index in [2.05, 4.69) is 40.5 Å². The normalized spacial score (nSPS) is 14.4. The third-order valence-electron chi connectivity index (χ3n) is 5.44. The number of benzene rings is 2. The molecule has 0 aromatic heterocycles. The van der Waals surface area contributed by atoms with Gasteiger partial charge in [0.1, 0.15) is 0 Å². The third-order valence-corrected chi connectivity index (χ3v) is 5.44. The lowest BCUT2D eigenvalue weighted by molar-refractivity contribution is 0.183. The summed E-state index contributed by atoms with van der Waals surface area (Å²) < 4.78 is 10.6. The molecular weight excluding hydrogens is 407 g/mol. The van der Waals surface area contributed by atoms with Gasteiger partial charge in [0.05, 0.1) is 14.2 Å². The Hall–Kier alpha value is -1.62. The SMILES string of the molecule is COc1ccc(NCCCN2CCC(Cc3ccccc3)CC2)cc1OC.Cl.Cl. The van der Waals surface area contributed by atoms with Gasteiger partial charge in [-0.15, -0.1) is 24.8 Å². The molecule has 1 fully saturated rings. The van der Waals surface area contributed by atoms with Crippen LogP contribution in [0.3, 0.4) is 0 Å². The molecule has 0 amide bonds. The second kappa shape index (κ2) is 13.6. The highest BCUT2D eigenvalue weighted by Crippen LogP contribution is 2.29. The molecule has 2 aromatic rings. The van der Waals surface area contributed by atoms with Crippen molar-refractivity contribution in [2.75, 3.05) is 45.7 Å². The molecule has 1 N–H and O–H groups in total. The van der Waals surface area contributed by atoms with Gasteiger partial charge in [-0.25, -0.2) is 0 Å². The molecule has 1 heterocycles. The van der Waals surface area contributed by atoms with E-state index in [1.165, 1.54) is 44.5 Å². The molecule has 6 heteroatoms. The Balaban J connectivity index is 0.00000210. The van der Waals surface area contributed by atoms with Gasteiger partial charge in [-0.05, 0) is 68.9 Å². The van der Waals surface area contributed by atoms with E-state index in [9.17, 15) is 0 Å². The predicted molar refractivity (Wildman–Crippen MR) is 126 cm³/mol. The summed E-state index contributed by atoms with van der Waals surface area (Å²) in [5.41, 5.74) is 2.56. The first-order chi connectivity index (χ1) is 13.3. The van der Waals surface area contributed by atoms with Crippen molar-refractivity contribution in [2.45, 2.75) is 25.7 Å². The lowest BCUT2D eigenvalue weighted by Crippen LogP contribution is -2.35. The molecular formula is C23H34Cl2N2O2. The maximum atomic E-state index is 5.36. The lowest BCUT2D eigenvalue weighted by atomic mass is 9.90. The Morgan fingerprint density at radius 3 is 2.28 bits per heavy atom. The Labute approximate surface area is 187 Å². The van der Waals surface area contributed by atoms with Crippen LogP contribution < -0.4 is 14.8 Å². The lowest BCUT2D eigenvalue weighted by Gasteiger charge is -2.32. The maximum Gasteiger partial charge on any atom is 0.162 e. The van der Waals surface area contributed by atoms with E-state index in [0.29, 0.717) is 0 Å². The van der Waals surface area contributed by atoms with Crippen molar-refractivity contribution in [3.8, 4) is 11.5 Å². The second-order valence-corrected chi connectivity index (χ2v) is 7.32. The number of anilines is 1. The van der Waals surface area contributed by atoms with Crippen LogP contribution in [0.2, 0.25) is 0 Å². The number of nitrogens with zero attached hydrogens (tertiary/aromatic N) is 1. The average molecular weight is 441 g/mol. The van der Waals surface area contributed by atoms with Gasteiger partial charge in [0.25, 0.3) is 0 Å². The molecule has 0 aliphatic carbocycles. The van der Waals surface area contributed by atoms with Crippen LogP contribution in [0.1, 0.15) is 24.8 Å². The molecule has 0 unspecified atom stereocenters. The summed E-state index contributed by atoms with van der Waals surface area (Å²) in [4.78, 5) is 2.61. The molecule has 1 aliphatic rings. The van der Waals surface area contributed by atoms with Gasteiger partial charge < -0.3 is 19.7 Å². The number of rotatable bonds is 9. The number of methoxy groups -OCH3 is 2. The summed E-state index contributed by atoms with van der Waals surface area (Å²) in [6, 6.07) is 16.9. The third kappa shape index (κ3) is 7.96. The quantitative estimate of drug-likeness (QED) is 0.535. The topological polar surface area (TPSA) is 33.7 Å². The van der Waals surface area contributed by atoms with Crippen molar-refractivity contribution in [3.63, 3.8) is 0 Å². The van der Waals surface area contributed by atoms with Crippen molar-refractivity contribution in [1.82, 2.24) is 4.90 Å². The predicted octanol–water partition coefficient (Wildman–Crippen LogP) is 5.30. The molecule has 1 saturated heterocycles. The van der Waals surface area contributed by atoms with E-state index < -0.39 is 0 Å². The van der Waals surface area contributed by atoms with Crippen LogP contribution >= 0.6 is 24.8 Å². The van der Waals surface area contributed by atoms with E-state index in [4.69, 9.17) is 9.47 Å². The van der Waals surface area contributed by atoms with Gasteiger partial charge in [-0.1, -0.05) is 30.3 Å². The van der Waals surface area contributed by atoms with Crippen LogP contribution in [0.25, 0.3) is 0 Å². The molecule has 0 atom stereocenters. The Morgan fingerprint density at radius 2 is 1.62 bits per heavy atom. The van der Waals surface area contributed by atoms with Crippen molar-refractivity contribution in [3.05, 3.63) is 54.1 Å².